The summed E-state index contributed by atoms with van der Waals surface area (Å²) in [6.45, 7) is 7.41. The van der Waals surface area contributed by atoms with Gasteiger partial charge >= 0.3 is 0 Å². The van der Waals surface area contributed by atoms with Crippen LogP contribution in [0.1, 0.15) is 52.4 Å². The zero-order valence-corrected chi connectivity index (χ0v) is 22.3. The topological polar surface area (TPSA) is 80.3 Å². The molecule has 7 nitrogen and oxygen atoms in total. The molecule has 0 unspecified atom stereocenters. The van der Waals surface area contributed by atoms with E-state index in [1.165, 1.54) is 6.20 Å². The van der Waals surface area contributed by atoms with Crippen molar-refractivity contribution in [2.75, 3.05) is 44.1 Å². The second-order valence-electron chi connectivity index (χ2n) is 10.6. The van der Waals surface area contributed by atoms with Gasteiger partial charge in [-0.1, -0.05) is 18.5 Å². The number of rotatable bonds is 10. The standard InChI is InChI=1S/C27H39ClFN5O2/c1-18(16-35-3)33-20-4-6-21(7-5-20)34-25-13-22(23(29)15-30-25)19-12-24(26(28)31-14-19)32-17-27(2)8-10-36-11-9-27/h12-15,18,20-21,32-33H,4-11,16-17H2,1-3H3,(H,30,34)/t18-,20-,21-/m1/s1. The van der Waals surface area contributed by atoms with Gasteiger partial charge in [0.15, 0.2) is 5.15 Å². The Morgan fingerprint density at radius 3 is 2.58 bits per heavy atom. The Morgan fingerprint density at radius 2 is 1.86 bits per heavy atom. The molecule has 0 radical (unpaired) electrons. The van der Waals surface area contributed by atoms with Crippen molar-refractivity contribution in [2.45, 2.75) is 70.5 Å². The lowest BCUT2D eigenvalue weighted by atomic mass is 9.82. The molecule has 1 aliphatic carbocycles. The highest BCUT2D eigenvalue weighted by atomic mass is 35.5. The number of hydrogen-bond donors (Lipinski definition) is 3. The number of pyridine rings is 2. The second kappa shape index (κ2) is 12.5. The molecule has 2 aromatic heterocycles. The number of hydrogen-bond acceptors (Lipinski definition) is 7. The van der Waals surface area contributed by atoms with Crippen LogP contribution in [-0.4, -0.2) is 61.6 Å². The zero-order chi connectivity index (χ0) is 25.5. The van der Waals surface area contributed by atoms with E-state index in [-0.39, 0.29) is 11.2 Å². The van der Waals surface area contributed by atoms with Gasteiger partial charge in [-0.25, -0.2) is 14.4 Å². The highest BCUT2D eigenvalue weighted by Crippen LogP contribution is 2.33. The Bertz CT molecular complexity index is 996. The average Bonchev–Trinajstić information content (AvgIpc) is 2.87. The molecule has 1 saturated heterocycles. The molecule has 3 N–H and O–H groups in total. The van der Waals surface area contributed by atoms with Crippen LogP contribution in [0.4, 0.5) is 15.9 Å². The van der Waals surface area contributed by atoms with Crippen molar-refractivity contribution in [1.82, 2.24) is 15.3 Å². The van der Waals surface area contributed by atoms with E-state index in [1.54, 1.807) is 19.4 Å². The third kappa shape index (κ3) is 7.28. The predicted molar refractivity (Wildman–Crippen MR) is 143 cm³/mol. The predicted octanol–water partition coefficient (Wildman–Crippen LogP) is 5.51. The lowest BCUT2D eigenvalue weighted by Crippen LogP contribution is -2.42. The van der Waals surface area contributed by atoms with Gasteiger partial charge in [0.2, 0.25) is 0 Å². The van der Waals surface area contributed by atoms with Crippen LogP contribution in [0.5, 0.6) is 0 Å². The van der Waals surface area contributed by atoms with Crippen molar-refractivity contribution in [3.63, 3.8) is 0 Å². The second-order valence-corrected chi connectivity index (χ2v) is 11.0. The summed E-state index contributed by atoms with van der Waals surface area (Å²) in [7, 11) is 1.73. The van der Waals surface area contributed by atoms with E-state index in [0.29, 0.717) is 52.5 Å². The average molecular weight is 520 g/mol. The number of halogens is 2. The molecule has 2 aromatic rings. The third-order valence-electron chi connectivity index (χ3n) is 7.43. The van der Waals surface area contributed by atoms with Gasteiger partial charge in [-0.2, -0.15) is 0 Å². The van der Waals surface area contributed by atoms with E-state index < -0.39 is 0 Å². The summed E-state index contributed by atoms with van der Waals surface area (Å²) < 4.78 is 25.6. The fourth-order valence-electron chi connectivity index (χ4n) is 5.12. The number of aromatic nitrogens is 2. The Labute approximate surface area is 218 Å². The summed E-state index contributed by atoms with van der Waals surface area (Å²) in [4.78, 5) is 8.63. The van der Waals surface area contributed by atoms with Crippen molar-refractivity contribution < 1.29 is 13.9 Å². The molecule has 1 aliphatic heterocycles. The first-order valence-corrected chi connectivity index (χ1v) is 13.4. The van der Waals surface area contributed by atoms with Crippen LogP contribution in [-0.2, 0) is 9.47 Å². The molecule has 2 aliphatic rings. The van der Waals surface area contributed by atoms with Crippen LogP contribution in [0.25, 0.3) is 11.1 Å². The molecule has 36 heavy (non-hydrogen) atoms. The normalized spacial score (nSPS) is 22.7. The number of ether oxygens (including phenoxy) is 2. The highest BCUT2D eigenvalue weighted by molar-refractivity contribution is 6.32. The van der Waals surface area contributed by atoms with E-state index >= 15 is 0 Å². The number of nitrogens with zero attached hydrogens (tertiary/aromatic N) is 2. The SMILES string of the molecule is COC[C@@H](C)N[C@H]1CC[C@H](Nc2cc(-c3cnc(Cl)c(NCC4(C)CCOCC4)c3)c(F)cn2)CC1. The van der Waals surface area contributed by atoms with Crippen molar-refractivity contribution in [3.05, 3.63) is 35.5 Å². The molecule has 9 heteroatoms. The third-order valence-corrected chi connectivity index (χ3v) is 7.73. The number of nitrogens with one attached hydrogen (secondary N) is 3. The maximum atomic E-state index is 14.8. The Kier molecular flexibility index (Phi) is 9.39. The first kappa shape index (κ1) is 27.0. The van der Waals surface area contributed by atoms with Crippen LogP contribution >= 0.6 is 11.6 Å². The molecule has 1 saturated carbocycles. The molecule has 0 spiro atoms. The van der Waals surface area contributed by atoms with Gasteiger partial charge in [0.05, 0.1) is 18.5 Å². The van der Waals surface area contributed by atoms with Crippen LogP contribution in [0.15, 0.2) is 24.5 Å². The monoisotopic (exact) mass is 519 g/mol. The minimum Gasteiger partial charge on any atom is -0.383 e. The molecule has 0 amide bonds. The van der Waals surface area contributed by atoms with Crippen LogP contribution in [0.2, 0.25) is 5.15 Å². The molecule has 1 atom stereocenters. The summed E-state index contributed by atoms with van der Waals surface area (Å²) in [5, 5.41) is 11.0. The minimum atomic E-state index is -0.382. The molecule has 2 fully saturated rings. The van der Waals surface area contributed by atoms with Gasteiger partial charge in [0.25, 0.3) is 0 Å². The molecule has 198 valence electrons. The quantitative estimate of drug-likeness (QED) is 0.357. The van der Waals surface area contributed by atoms with Crippen molar-refractivity contribution >= 4 is 23.1 Å². The summed E-state index contributed by atoms with van der Waals surface area (Å²) in [6, 6.07) is 4.80. The van der Waals surface area contributed by atoms with Crippen molar-refractivity contribution in [3.8, 4) is 11.1 Å². The molecule has 4 rings (SSSR count). The maximum absolute atomic E-state index is 14.8. The maximum Gasteiger partial charge on any atom is 0.152 e. The van der Waals surface area contributed by atoms with Gasteiger partial charge in [-0.3, -0.25) is 0 Å². The van der Waals surface area contributed by atoms with E-state index in [2.05, 4.69) is 39.8 Å². The lowest BCUT2D eigenvalue weighted by Gasteiger charge is -2.34. The van der Waals surface area contributed by atoms with Gasteiger partial charge in [-0.15, -0.1) is 0 Å². The zero-order valence-electron chi connectivity index (χ0n) is 21.6. The summed E-state index contributed by atoms with van der Waals surface area (Å²) >= 11 is 6.38. The Balaban J connectivity index is 1.39. The fourth-order valence-corrected chi connectivity index (χ4v) is 5.29. The molecule has 0 aromatic carbocycles. The van der Waals surface area contributed by atoms with Crippen LogP contribution < -0.4 is 16.0 Å². The fraction of sp³-hybridized carbons (Fsp3) is 0.630. The van der Waals surface area contributed by atoms with Gasteiger partial charge in [0.1, 0.15) is 11.6 Å². The Hall–Kier alpha value is -2.00. The van der Waals surface area contributed by atoms with Crippen molar-refractivity contribution in [2.24, 2.45) is 5.41 Å². The largest absolute Gasteiger partial charge is 0.383 e. The van der Waals surface area contributed by atoms with Crippen LogP contribution in [0, 0.1) is 11.2 Å². The molecule has 0 bridgehead atoms. The molecule has 3 heterocycles. The smallest absolute Gasteiger partial charge is 0.152 e. The number of anilines is 2. The summed E-state index contributed by atoms with van der Waals surface area (Å²) in [6.07, 6.45) is 9.11. The molecular weight excluding hydrogens is 481 g/mol. The van der Waals surface area contributed by atoms with E-state index in [4.69, 9.17) is 21.1 Å². The first-order chi connectivity index (χ1) is 17.3. The Morgan fingerprint density at radius 1 is 1.14 bits per heavy atom. The van der Waals surface area contributed by atoms with Gasteiger partial charge in [-0.05, 0) is 63.0 Å². The summed E-state index contributed by atoms with van der Waals surface area (Å²) in [5.41, 5.74) is 1.97. The lowest BCUT2D eigenvalue weighted by molar-refractivity contribution is 0.0300. The van der Waals surface area contributed by atoms with E-state index in [1.807, 2.05) is 6.07 Å². The minimum absolute atomic E-state index is 0.132. The highest BCUT2D eigenvalue weighted by Gasteiger charge is 2.27. The van der Waals surface area contributed by atoms with Gasteiger partial charge < -0.3 is 25.4 Å². The number of methoxy groups -OCH3 is 1. The van der Waals surface area contributed by atoms with Crippen molar-refractivity contribution in [1.29, 1.82) is 0 Å². The van der Waals surface area contributed by atoms with E-state index in [9.17, 15) is 4.39 Å². The first-order valence-electron chi connectivity index (χ1n) is 13.0. The van der Waals surface area contributed by atoms with E-state index in [0.717, 1.165) is 58.3 Å². The van der Waals surface area contributed by atoms with Gasteiger partial charge in [0, 0.05) is 62.3 Å². The van der Waals surface area contributed by atoms with Crippen LogP contribution in [0.3, 0.4) is 0 Å². The summed E-state index contributed by atoms with van der Waals surface area (Å²) in [5.74, 6) is 0.293. The molecular formula is C27H39ClFN5O2.